The maximum absolute atomic E-state index is 12.2. The molecule has 2 aromatic rings. The fourth-order valence-corrected chi connectivity index (χ4v) is 3.71. The van der Waals surface area contributed by atoms with E-state index in [-0.39, 0.29) is 23.8 Å². The smallest absolute Gasteiger partial charge is 0.240 e. The van der Waals surface area contributed by atoms with Crippen LogP contribution in [-0.4, -0.2) is 27.5 Å². The Balaban J connectivity index is 1.87. The zero-order chi connectivity index (χ0) is 19.2. The quantitative estimate of drug-likeness (QED) is 0.559. The number of rotatable bonds is 8. The maximum atomic E-state index is 12.2. The van der Waals surface area contributed by atoms with Crippen molar-refractivity contribution in [1.29, 1.82) is 0 Å². The molecule has 0 saturated heterocycles. The molecule has 2 rings (SSSR count). The molecule has 0 saturated carbocycles. The van der Waals surface area contributed by atoms with Crippen LogP contribution >= 0.6 is 22.6 Å². The van der Waals surface area contributed by atoms with Crippen LogP contribution < -0.4 is 14.8 Å². The van der Waals surface area contributed by atoms with Gasteiger partial charge in [0.05, 0.1) is 11.5 Å². The Morgan fingerprint density at radius 2 is 1.85 bits per heavy atom. The third-order valence-electron chi connectivity index (χ3n) is 3.54. The number of hydrogen-bond donors (Lipinski definition) is 2. The molecule has 0 aliphatic heterocycles. The topological polar surface area (TPSA) is 84.5 Å². The maximum Gasteiger partial charge on any atom is 0.240 e. The van der Waals surface area contributed by atoms with Gasteiger partial charge in [-0.25, -0.2) is 13.1 Å². The number of aryl methyl sites for hydroxylation is 1. The van der Waals surface area contributed by atoms with Crippen LogP contribution in [0.2, 0.25) is 0 Å². The van der Waals surface area contributed by atoms with E-state index in [4.69, 9.17) is 4.74 Å². The first-order chi connectivity index (χ1) is 12.3. The highest BCUT2D eigenvalue weighted by atomic mass is 127. The molecule has 140 valence electrons. The first-order valence-corrected chi connectivity index (χ1v) is 10.7. The molecule has 0 bridgehead atoms. The standard InChI is InChI=1S/C18H21IN2O4S/c1-3-25-15-6-8-16(9-7-15)26(23,24)20-11-10-18(22)21-14-5-4-13(2)17(19)12-14/h4-9,12,20H,3,10-11H2,1-2H3,(H,21,22). The van der Waals surface area contributed by atoms with Gasteiger partial charge in [0.15, 0.2) is 0 Å². The molecule has 0 spiro atoms. The molecule has 26 heavy (non-hydrogen) atoms. The van der Waals surface area contributed by atoms with Crippen molar-refractivity contribution in [2.24, 2.45) is 0 Å². The molecule has 0 radical (unpaired) electrons. The highest BCUT2D eigenvalue weighted by Crippen LogP contribution is 2.18. The van der Waals surface area contributed by atoms with Crippen molar-refractivity contribution in [2.45, 2.75) is 25.2 Å². The predicted molar refractivity (Wildman–Crippen MR) is 110 cm³/mol. The van der Waals surface area contributed by atoms with Gasteiger partial charge in [-0.3, -0.25) is 4.79 Å². The minimum absolute atomic E-state index is 0.0182. The van der Waals surface area contributed by atoms with Gasteiger partial charge in [-0.05, 0) is 78.4 Å². The molecule has 0 unspecified atom stereocenters. The summed E-state index contributed by atoms with van der Waals surface area (Å²) in [7, 11) is -3.66. The number of hydrogen-bond acceptors (Lipinski definition) is 4. The average molecular weight is 488 g/mol. The highest BCUT2D eigenvalue weighted by Gasteiger charge is 2.14. The van der Waals surface area contributed by atoms with E-state index in [1.54, 1.807) is 12.1 Å². The molecule has 0 atom stereocenters. The SMILES string of the molecule is CCOc1ccc(S(=O)(=O)NCCC(=O)Nc2ccc(C)c(I)c2)cc1. The van der Waals surface area contributed by atoms with Crippen molar-refractivity contribution in [3.8, 4) is 5.75 Å². The lowest BCUT2D eigenvalue weighted by molar-refractivity contribution is -0.116. The van der Waals surface area contributed by atoms with Crippen molar-refractivity contribution in [3.05, 3.63) is 51.6 Å². The lowest BCUT2D eigenvalue weighted by atomic mass is 10.2. The zero-order valence-electron chi connectivity index (χ0n) is 14.6. The van der Waals surface area contributed by atoms with Crippen LogP contribution in [0.5, 0.6) is 5.75 Å². The second kappa shape index (κ2) is 9.33. The molecule has 0 aromatic heterocycles. The summed E-state index contributed by atoms with van der Waals surface area (Å²) in [4.78, 5) is 12.1. The van der Waals surface area contributed by atoms with Gasteiger partial charge in [0.1, 0.15) is 5.75 Å². The van der Waals surface area contributed by atoms with Crippen LogP contribution in [-0.2, 0) is 14.8 Å². The van der Waals surface area contributed by atoms with Gasteiger partial charge in [-0.1, -0.05) is 6.07 Å². The molecule has 8 heteroatoms. The summed E-state index contributed by atoms with van der Waals surface area (Å²) in [5, 5.41) is 2.76. The van der Waals surface area contributed by atoms with Crippen LogP contribution in [0, 0.1) is 10.5 Å². The number of carbonyl (C=O) groups excluding carboxylic acids is 1. The zero-order valence-corrected chi connectivity index (χ0v) is 17.6. The number of carbonyl (C=O) groups is 1. The number of anilines is 1. The lowest BCUT2D eigenvalue weighted by Crippen LogP contribution is -2.27. The Labute approximate surface area is 167 Å². The fraction of sp³-hybridized carbons (Fsp3) is 0.278. The first-order valence-electron chi connectivity index (χ1n) is 8.10. The Morgan fingerprint density at radius 1 is 1.15 bits per heavy atom. The van der Waals surface area contributed by atoms with E-state index in [0.717, 1.165) is 9.13 Å². The monoisotopic (exact) mass is 488 g/mol. The van der Waals surface area contributed by atoms with Crippen molar-refractivity contribution in [3.63, 3.8) is 0 Å². The molecule has 0 fully saturated rings. The highest BCUT2D eigenvalue weighted by molar-refractivity contribution is 14.1. The van der Waals surface area contributed by atoms with E-state index in [1.807, 2.05) is 32.0 Å². The Kier molecular flexibility index (Phi) is 7.42. The summed E-state index contributed by atoms with van der Waals surface area (Å²) in [5.74, 6) is 0.359. The molecule has 1 amide bonds. The van der Waals surface area contributed by atoms with E-state index >= 15 is 0 Å². The summed E-state index contributed by atoms with van der Waals surface area (Å²) < 4.78 is 33.3. The number of ether oxygens (including phenoxy) is 1. The van der Waals surface area contributed by atoms with Crippen LogP contribution in [0.1, 0.15) is 18.9 Å². The van der Waals surface area contributed by atoms with E-state index in [9.17, 15) is 13.2 Å². The van der Waals surface area contributed by atoms with Gasteiger partial charge in [0.2, 0.25) is 15.9 Å². The van der Waals surface area contributed by atoms with Crippen molar-refractivity contribution in [2.75, 3.05) is 18.5 Å². The summed E-state index contributed by atoms with van der Waals surface area (Å²) in [6, 6.07) is 11.8. The molecule has 0 aliphatic carbocycles. The second-order valence-electron chi connectivity index (χ2n) is 5.56. The van der Waals surface area contributed by atoms with Gasteiger partial charge < -0.3 is 10.1 Å². The Hall–Kier alpha value is -1.65. The summed E-state index contributed by atoms with van der Waals surface area (Å²) in [6.45, 7) is 4.38. The first kappa shape index (κ1) is 20.7. The van der Waals surface area contributed by atoms with Crippen molar-refractivity contribution < 1.29 is 17.9 Å². The van der Waals surface area contributed by atoms with E-state index < -0.39 is 10.0 Å². The normalized spacial score (nSPS) is 11.2. The predicted octanol–water partition coefficient (Wildman–Crippen LogP) is 3.31. The summed E-state index contributed by atoms with van der Waals surface area (Å²) in [6.07, 6.45) is 0.0424. The van der Waals surface area contributed by atoms with Gasteiger partial charge >= 0.3 is 0 Å². The van der Waals surface area contributed by atoms with E-state index in [2.05, 4.69) is 32.6 Å². The Bertz CT molecular complexity index is 867. The molecule has 0 heterocycles. The number of sulfonamides is 1. The van der Waals surface area contributed by atoms with E-state index in [1.165, 1.54) is 12.1 Å². The second-order valence-corrected chi connectivity index (χ2v) is 8.49. The number of amides is 1. The van der Waals surface area contributed by atoms with Crippen LogP contribution in [0.3, 0.4) is 0 Å². The largest absolute Gasteiger partial charge is 0.494 e. The molecule has 2 aromatic carbocycles. The number of nitrogens with one attached hydrogen (secondary N) is 2. The lowest BCUT2D eigenvalue weighted by Gasteiger charge is -2.09. The van der Waals surface area contributed by atoms with Crippen LogP contribution in [0.25, 0.3) is 0 Å². The van der Waals surface area contributed by atoms with Gasteiger partial charge in [-0.2, -0.15) is 0 Å². The van der Waals surface area contributed by atoms with Crippen molar-refractivity contribution >= 4 is 44.2 Å². The molecule has 2 N–H and O–H groups in total. The van der Waals surface area contributed by atoms with E-state index in [0.29, 0.717) is 18.0 Å². The summed E-state index contributed by atoms with van der Waals surface area (Å²) >= 11 is 2.20. The van der Waals surface area contributed by atoms with Gasteiger partial charge in [0, 0.05) is 22.2 Å². The Morgan fingerprint density at radius 3 is 2.46 bits per heavy atom. The fourth-order valence-electron chi connectivity index (χ4n) is 2.16. The van der Waals surface area contributed by atoms with Gasteiger partial charge in [-0.15, -0.1) is 0 Å². The molecule has 6 nitrogen and oxygen atoms in total. The summed E-state index contributed by atoms with van der Waals surface area (Å²) in [5.41, 5.74) is 1.83. The van der Waals surface area contributed by atoms with Gasteiger partial charge in [0.25, 0.3) is 0 Å². The third kappa shape index (κ3) is 5.96. The average Bonchev–Trinajstić information content (AvgIpc) is 2.59. The number of halogens is 1. The number of benzene rings is 2. The molecular formula is C18H21IN2O4S. The third-order valence-corrected chi connectivity index (χ3v) is 6.18. The molecule has 0 aliphatic rings. The minimum atomic E-state index is -3.66. The molecular weight excluding hydrogens is 467 g/mol. The van der Waals surface area contributed by atoms with Crippen LogP contribution in [0.15, 0.2) is 47.4 Å². The van der Waals surface area contributed by atoms with Crippen LogP contribution in [0.4, 0.5) is 5.69 Å². The minimum Gasteiger partial charge on any atom is -0.494 e. The van der Waals surface area contributed by atoms with Crippen molar-refractivity contribution in [1.82, 2.24) is 4.72 Å².